The third-order valence-electron chi connectivity index (χ3n) is 10.6. The average molecular weight is 662 g/mol. The van der Waals surface area contributed by atoms with E-state index < -0.39 is 0 Å². The molecule has 0 aliphatic heterocycles. The molecule has 4 aromatic heterocycles. The largest absolute Gasteiger partial charge is 0.309 e. The van der Waals surface area contributed by atoms with Crippen molar-refractivity contribution >= 4 is 59.9 Å². The monoisotopic (exact) mass is 661 g/mol. The van der Waals surface area contributed by atoms with Gasteiger partial charge < -0.3 is 8.97 Å². The van der Waals surface area contributed by atoms with Gasteiger partial charge in [-0.25, -0.2) is 4.98 Å². The second kappa shape index (κ2) is 11.3. The smallest absolute Gasteiger partial charge is 0.0716 e. The van der Waals surface area contributed by atoms with Crippen LogP contribution in [0.4, 0.5) is 0 Å². The third kappa shape index (κ3) is 4.30. The fourth-order valence-corrected chi connectivity index (χ4v) is 8.36. The third-order valence-corrected chi connectivity index (χ3v) is 10.6. The molecule has 7 aromatic carbocycles. The number of hydrogen-bond acceptors (Lipinski definition) is 1. The molecule has 0 aliphatic rings. The van der Waals surface area contributed by atoms with E-state index in [0.29, 0.717) is 0 Å². The van der Waals surface area contributed by atoms with Gasteiger partial charge in [0.25, 0.3) is 0 Å². The SMILES string of the molecule is c1ccc(-c2cc(-c3ccccc3)nc(-c3cccc(-n4c5ccccc5c5c6c(ccc54)c4ccccc4n4c5ccccc5cc64)c3)c2)cc1. The van der Waals surface area contributed by atoms with E-state index in [9.17, 15) is 0 Å². The van der Waals surface area contributed by atoms with E-state index in [-0.39, 0.29) is 0 Å². The van der Waals surface area contributed by atoms with Crippen molar-refractivity contribution in [3.8, 4) is 39.3 Å². The lowest BCUT2D eigenvalue weighted by atomic mass is 9.99. The van der Waals surface area contributed by atoms with Crippen molar-refractivity contribution in [2.75, 3.05) is 0 Å². The molecule has 0 spiro atoms. The summed E-state index contributed by atoms with van der Waals surface area (Å²) in [5.41, 5.74) is 13.5. The zero-order chi connectivity index (χ0) is 34.2. The molecule has 0 N–H and O–H groups in total. The Morgan fingerprint density at radius 2 is 0.942 bits per heavy atom. The van der Waals surface area contributed by atoms with E-state index in [4.69, 9.17) is 4.98 Å². The van der Waals surface area contributed by atoms with E-state index in [1.165, 1.54) is 65.5 Å². The molecule has 4 heterocycles. The van der Waals surface area contributed by atoms with Gasteiger partial charge >= 0.3 is 0 Å². The lowest BCUT2D eigenvalue weighted by molar-refractivity contribution is 1.18. The van der Waals surface area contributed by atoms with Crippen molar-refractivity contribution < 1.29 is 0 Å². The highest BCUT2D eigenvalue weighted by atomic mass is 15.0. The summed E-state index contributed by atoms with van der Waals surface area (Å²) in [5, 5.41) is 7.56. The Hall–Kier alpha value is -6.97. The van der Waals surface area contributed by atoms with E-state index in [1.54, 1.807) is 0 Å². The fourth-order valence-electron chi connectivity index (χ4n) is 8.36. The molecule has 3 heteroatoms. The number of aromatic nitrogens is 3. The first-order chi connectivity index (χ1) is 25.8. The van der Waals surface area contributed by atoms with Crippen LogP contribution in [0, 0.1) is 0 Å². The second-order valence-corrected chi connectivity index (χ2v) is 13.6. The van der Waals surface area contributed by atoms with Crippen LogP contribution in [0.15, 0.2) is 188 Å². The standard InChI is InChI=1S/C49H31N3/c1-3-14-32(15-4-1)36-29-41(33-16-5-2-6-17-33)50-42(30-36)34-19-13-20-37(28-34)51-45-25-12-9-22-40(45)49-46(51)27-26-39-38-21-8-11-24-44(38)52-43-23-10-7-18-35(43)31-47(52)48(39)49/h1-31H. The number of para-hydroxylation sites is 3. The molecule has 0 saturated carbocycles. The maximum atomic E-state index is 5.26. The minimum Gasteiger partial charge on any atom is -0.309 e. The molecular formula is C49H31N3. The summed E-state index contributed by atoms with van der Waals surface area (Å²) in [4.78, 5) is 5.26. The van der Waals surface area contributed by atoms with E-state index in [0.717, 1.165) is 33.8 Å². The predicted octanol–water partition coefficient (Wildman–Crippen LogP) is 12.9. The van der Waals surface area contributed by atoms with Crippen molar-refractivity contribution in [3.05, 3.63) is 188 Å². The van der Waals surface area contributed by atoms with Crippen LogP contribution in [0.5, 0.6) is 0 Å². The van der Waals surface area contributed by atoms with Gasteiger partial charge in [0.05, 0.1) is 39.0 Å². The number of nitrogens with zero attached hydrogens (tertiary/aromatic N) is 3. The van der Waals surface area contributed by atoms with E-state index in [2.05, 4.69) is 197 Å². The molecule has 0 bridgehead atoms. The predicted molar refractivity (Wildman–Crippen MR) is 218 cm³/mol. The Morgan fingerprint density at radius 3 is 1.75 bits per heavy atom. The lowest BCUT2D eigenvalue weighted by Gasteiger charge is -2.14. The molecule has 0 amide bonds. The summed E-state index contributed by atoms with van der Waals surface area (Å²) in [5.74, 6) is 0. The number of pyridine rings is 2. The zero-order valence-electron chi connectivity index (χ0n) is 28.2. The summed E-state index contributed by atoms with van der Waals surface area (Å²) < 4.78 is 4.88. The molecular weight excluding hydrogens is 631 g/mol. The van der Waals surface area contributed by atoms with Crippen LogP contribution in [0.3, 0.4) is 0 Å². The summed E-state index contributed by atoms with van der Waals surface area (Å²) in [6.45, 7) is 0. The quantitative estimate of drug-likeness (QED) is 0.172. The Labute approximate surface area is 300 Å². The van der Waals surface area contributed by atoms with Crippen molar-refractivity contribution in [2.45, 2.75) is 0 Å². The number of benzene rings is 7. The van der Waals surface area contributed by atoms with Gasteiger partial charge in [0.2, 0.25) is 0 Å². The van der Waals surface area contributed by atoms with Gasteiger partial charge in [0.1, 0.15) is 0 Å². The van der Waals surface area contributed by atoms with Gasteiger partial charge in [-0.1, -0.05) is 133 Å². The van der Waals surface area contributed by atoms with Gasteiger partial charge in [-0.15, -0.1) is 0 Å². The molecule has 0 fully saturated rings. The van der Waals surface area contributed by atoms with Gasteiger partial charge in [-0.2, -0.15) is 0 Å². The molecule has 242 valence electrons. The molecule has 0 saturated heterocycles. The van der Waals surface area contributed by atoms with E-state index >= 15 is 0 Å². The molecule has 11 rings (SSSR count). The van der Waals surface area contributed by atoms with Crippen LogP contribution < -0.4 is 0 Å². The second-order valence-electron chi connectivity index (χ2n) is 13.6. The number of rotatable bonds is 4. The number of hydrogen-bond donors (Lipinski definition) is 0. The zero-order valence-corrected chi connectivity index (χ0v) is 28.2. The molecule has 0 aliphatic carbocycles. The van der Waals surface area contributed by atoms with Crippen LogP contribution in [0.2, 0.25) is 0 Å². The van der Waals surface area contributed by atoms with Crippen LogP contribution >= 0.6 is 0 Å². The molecule has 0 atom stereocenters. The topological polar surface area (TPSA) is 22.2 Å². The first-order valence-electron chi connectivity index (χ1n) is 17.8. The Morgan fingerprint density at radius 1 is 0.327 bits per heavy atom. The summed E-state index contributed by atoms with van der Waals surface area (Å²) in [7, 11) is 0. The Kier molecular flexibility index (Phi) is 6.25. The van der Waals surface area contributed by atoms with Crippen LogP contribution in [-0.4, -0.2) is 14.0 Å². The minimum absolute atomic E-state index is 0.946. The van der Waals surface area contributed by atoms with Crippen LogP contribution in [0.1, 0.15) is 0 Å². The first-order valence-corrected chi connectivity index (χ1v) is 17.8. The molecule has 0 unspecified atom stereocenters. The molecule has 11 aromatic rings. The summed E-state index contributed by atoms with van der Waals surface area (Å²) in [6.07, 6.45) is 0. The first kappa shape index (κ1) is 28.8. The number of fused-ring (bicyclic) bond motifs is 12. The Bertz CT molecular complexity index is 3110. The van der Waals surface area contributed by atoms with Crippen molar-refractivity contribution in [2.24, 2.45) is 0 Å². The maximum Gasteiger partial charge on any atom is 0.0716 e. The fraction of sp³-hybridized carbons (Fsp3) is 0. The highest BCUT2D eigenvalue weighted by Crippen LogP contribution is 2.43. The highest BCUT2D eigenvalue weighted by molar-refractivity contribution is 6.30. The van der Waals surface area contributed by atoms with Gasteiger partial charge in [0, 0.05) is 43.7 Å². The lowest BCUT2D eigenvalue weighted by Crippen LogP contribution is -1.96. The van der Waals surface area contributed by atoms with Gasteiger partial charge in [-0.3, -0.25) is 0 Å². The highest BCUT2D eigenvalue weighted by Gasteiger charge is 2.20. The van der Waals surface area contributed by atoms with Crippen LogP contribution in [0.25, 0.3) is 99.2 Å². The molecule has 3 nitrogen and oxygen atoms in total. The summed E-state index contributed by atoms with van der Waals surface area (Å²) >= 11 is 0. The van der Waals surface area contributed by atoms with Gasteiger partial charge in [0.15, 0.2) is 0 Å². The summed E-state index contributed by atoms with van der Waals surface area (Å²) in [6, 6.07) is 67.7. The van der Waals surface area contributed by atoms with Gasteiger partial charge in [-0.05, 0) is 71.1 Å². The molecule has 0 radical (unpaired) electrons. The van der Waals surface area contributed by atoms with Crippen molar-refractivity contribution in [1.82, 2.24) is 14.0 Å². The van der Waals surface area contributed by atoms with E-state index in [1.807, 2.05) is 0 Å². The van der Waals surface area contributed by atoms with Crippen molar-refractivity contribution in [1.29, 1.82) is 0 Å². The minimum atomic E-state index is 0.946. The molecule has 52 heavy (non-hydrogen) atoms. The maximum absolute atomic E-state index is 5.26. The van der Waals surface area contributed by atoms with Crippen LogP contribution in [-0.2, 0) is 0 Å². The van der Waals surface area contributed by atoms with Crippen molar-refractivity contribution in [3.63, 3.8) is 0 Å². The normalized spacial score (nSPS) is 11.8. The Balaban J connectivity index is 1.19. The average Bonchev–Trinajstić information content (AvgIpc) is 3.78.